The zero-order valence-electron chi connectivity index (χ0n) is 14.3. The molecule has 0 fully saturated rings. The lowest BCUT2D eigenvalue weighted by atomic mass is 10.1. The van der Waals surface area contributed by atoms with Crippen molar-refractivity contribution in [1.29, 1.82) is 0 Å². The maximum absolute atomic E-state index is 12.7. The van der Waals surface area contributed by atoms with Gasteiger partial charge in [0.05, 0.1) is 5.69 Å². The Labute approximate surface area is 172 Å². The van der Waals surface area contributed by atoms with Crippen molar-refractivity contribution in [1.82, 2.24) is 19.4 Å². The predicted molar refractivity (Wildman–Crippen MR) is 110 cm³/mol. The second-order valence-corrected chi connectivity index (χ2v) is 7.37. The number of halogens is 2. The van der Waals surface area contributed by atoms with E-state index in [1.165, 1.54) is 10.8 Å². The molecule has 140 valence electrons. The molecule has 9 heteroatoms. The molecule has 0 unspecified atom stereocenters. The molecule has 1 N–H and O–H groups in total. The molecule has 2 aromatic carbocycles. The molecule has 0 saturated heterocycles. The van der Waals surface area contributed by atoms with Crippen LogP contribution in [0.25, 0.3) is 16.8 Å². The summed E-state index contributed by atoms with van der Waals surface area (Å²) >= 11 is 9.30. The van der Waals surface area contributed by atoms with Gasteiger partial charge in [0.15, 0.2) is 0 Å². The largest absolute Gasteiger partial charge is 0.324 e. The van der Waals surface area contributed by atoms with E-state index in [0.29, 0.717) is 21.9 Å². The fraction of sp³-hybridized carbons (Fsp3) is 0.0526. The van der Waals surface area contributed by atoms with Crippen LogP contribution in [0.15, 0.2) is 70.2 Å². The third kappa shape index (κ3) is 3.83. The summed E-state index contributed by atoms with van der Waals surface area (Å²) in [6, 6.07) is 16.0. The first kappa shape index (κ1) is 18.4. The zero-order valence-corrected chi connectivity index (χ0v) is 16.7. The number of benzene rings is 2. The highest BCUT2D eigenvalue weighted by Gasteiger charge is 2.12. The molecule has 0 bridgehead atoms. The van der Waals surface area contributed by atoms with Gasteiger partial charge in [-0.2, -0.15) is 10.2 Å². The van der Waals surface area contributed by atoms with E-state index >= 15 is 0 Å². The molecular weight excluding hydrogens is 446 g/mol. The molecule has 4 aromatic rings. The Balaban J connectivity index is 1.60. The molecule has 0 atom stereocenters. The molecule has 2 aromatic heterocycles. The quantitative estimate of drug-likeness (QED) is 0.506. The van der Waals surface area contributed by atoms with Crippen molar-refractivity contribution in [2.45, 2.75) is 6.54 Å². The molecule has 0 aliphatic carbocycles. The van der Waals surface area contributed by atoms with E-state index in [2.05, 4.69) is 31.4 Å². The first-order valence-electron chi connectivity index (χ1n) is 8.26. The molecule has 28 heavy (non-hydrogen) atoms. The van der Waals surface area contributed by atoms with Crippen LogP contribution in [0.2, 0.25) is 5.02 Å². The van der Waals surface area contributed by atoms with Gasteiger partial charge >= 0.3 is 0 Å². The van der Waals surface area contributed by atoms with Crippen LogP contribution in [-0.4, -0.2) is 25.3 Å². The minimum Gasteiger partial charge on any atom is -0.324 e. The van der Waals surface area contributed by atoms with E-state index in [4.69, 9.17) is 11.6 Å². The maximum atomic E-state index is 12.7. The topological polar surface area (TPSA) is 81.3 Å². The summed E-state index contributed by atoms with van der Waals surface area (Å²) in [5.41, 5.74) is 2.00. The number of fused-ring (bicyclic) bond motifs is 1. The lowest BCUT2D eigenvalue weighted by molar-refractivity contribution is -0.117. The lowest BCUT2D eigenvalue weighted by Crippen LogP contribution is -2.30. The third-order valence-electron chi connectivity index (χ3n) is 4.03. The second-order valence-electron chi connectivity index (χ2n) is 6.02. The molecule has 7 nitrogen and oxygen atoms in total. The van der Waals surface area contributed by atoms with Crippen molar-refractivity contribution in [3.05, 3.63) is 80.8 Å². The molecule has 0 saturated carbocycles. The van der Waals surface area contributed by atoms with E-state index < -0.39 is 5.56 Å². The summed E-state index contributed by atoms with van der Waals surface area (Å²) in [6.07, 6.45) is 1.41. The number of nitrogens with one attached hydrogen (secondary N) is 1. The van der Waals surface area contributed by atoms with Crippen molar-refractivity contribution < 1.29 is 4.79 Å². The Morgan fingerprint density at radius 1 is 1.14 bits per heavy atom. The Morgan fingerprint density at radius 2 is 1.93 bits per heavy atom. The summed E-state index contributed by atoms with van der Waals surface area (Å²) in [4.78, 5) is 25.0. The highest BCUT2D eigenvalue weighted by Crippen LogP contribution is 2.21. The van der Waals surface area contributed by atoms with Crippen LogP contribution in [-0.2, 0) is 11.3 Å². The van der Waals surface area contributed by atoms with Gasteiger partial charge in [0.2, 0.25) is 5.91 Å². The number of aromatic nitrogens is 4. The highest BCUT2D eigenvalue weighted by molar-refractivity contribution is 9.10. The van der Waals surface area contributed by atoms with Gasteiger partial charge in [0.1, 0.15) is 18.4 Å². The average Bonchev–Trinajstić information content (AvgIpc) is 3.10. The van der Waals surface area contributed by atoms with E-state index in [1.807, 2.05) is 24.3 Å². The first-order valence-corrected chi connectivity index (χ1v) is 9.43. The molecule has 1 amide bonds. The first-order chi connectivity index (χ1) is 13.5. The average molecular weight is 459 g/mol. The van der Waals surface area contributed by atoms with Crippen molar-refractivity contribution in [3.63, 3.8) is 0 Å². The van der Waals surface area contributed by atoms with Gasteiger partial charge in [-0.3, -0.25) is 9.59 Å². The van der Waals surface area contributed by atoms with Crippen LogP contribution in [0.5, 0.6) is 0 Å². The van der Waals surface area contributed by atoms with Gasteiger partial charge in [-0.1, -0.05) is 45.7 Å². The van der Waals surface area contributed by atoms with E-state index in [-0.39, 0.29) is 12.5 Å². The molecule has 0 spiro atoms. The van der Waals surface area contributed by atoms with Gasteiger partial charge in [-0.25, -0.2) is 9.20 Å². The number of nitrogens with zero attached hydrogens (tertiary/aromatic N) is 4. The normalized spacial score (nSPS) is 10.9. The van der Waals surface area contributed by atoms with Gasteiger partial charge in [0.25, 0.3) is 5.56 Å². The molecule has 0 aliphatic heterocycles. The lowest BCUT2D eigenvalue weighted by Gasteiger charge is -2.07. The van der Waals surface area contributed by atoms with Crippen molar-refractivity contribution in [2.75, 3.05) is 5.32 Å². The number of carbonyl (C=O) groups excluding carboxylic acids is 1. The number of carbonyl (C=O) groups is 1. The van der Waals surface area contributed by atoms with Gasteiger partial charge in [0, 0.05) is 20.7 Å². The molecular formula is C19H13BrClN5O2. The molecule has 0 aliphatic rings. The summed E-state index contributed by atoms with van der Waals surface area (Å²) < 4.78 is 3.46. The molecule has 4 rings (SSSR count). The minimum absolute atomic E-state index is 0.222. The Hall–Kier alpha value is -2.97. The third-order valence-corrected chi connectivity index (χ3v) is 4.80. The van der Waals surface area contributed by atoms with Gasteiger partial charge in [-0.05, 0) is 36.4 Å². The van der Waals surface area contributed by atoms with Crippen molar-refractivity contribution in [3.8, 4) is 11.3 Å². The smallest absolute Gasteiger partial charge is 0.293 e. The van der Waals surface area contributed by atoms with E-state index in [0.717, 1.165) is 14.7 Å². The molecule has 0 radical (unpaired) electrons. The second kappa shape index (κ2) is 7.57. The maximum Gasteiger partial charge on any atom is 0.293 e. The van der Waals surface area contributed by atoms with Crippen LogP contribution < -0.4 is 10.9 Å². The summed E-state index contributed by atoms with van der Waals surface area (Å²) in [5, 5.41) is 11.6. The van der Waals surface area contributed by atoms with Crippen molar-refractivity contribution >= 4 is 44.6 Å². The number of hydrogen-bond donors (Lipinski definition) is 1. The Morgan fingerprint density at radius 3 is 2.68 bits per heavy atom. The molecule has 2 heterocycles. The van der Waals surface area contributed by atoms with Crippen LogP contribution in [0.4, 0.5) is 5.69 Å². The van der Waals surface area contributed by atoms with Crippen molar-refractivity contribution in [2.24, 2.45) is 0 Å². The monoisotopic (exact) mass is 457 g/mol. The summed E-state index contributed by atoms with van der Waals surface area (Å²) in [6.45, 7) is -0.222. The number of amides is 1. The Bertz CT molecular complexity index is 1230. The number of rotatable bonds is 4. The SMILES string of the molecule is O=C(Cn1ncn2nc(-c3ccc(Br)cc3)cc2c1=O)Nc1cccc(Cl)c1. The fourth-order valence-corrected chi connectivity index (χ4v) is 3.17. The fourth-order valence-electron chi connectivity index (χ4n) is 2.72. The van der Waals surface area contributed by atoms with E-state index in [1.54, 1.807) is 30.3 Å². The Kier molecular flexibility index (Phi) is 4.97. The number of hydrogen-bond acceptors (Lipinski definition) is 4. The van der Waals surface area contributed by atoms with Crippen LogP contribution in [0.1, 0.15) is 0 Å². The standard InChI is InChI=1S/C19H13BrClN5O2/c20-13-6-4-12(5-7-13)16-9-17-19(28)25(22-11-26(17)24-16)10-18(27)23-15-3-1-2-14(21)8-15/h1-9,11H,10H2,(H,23,27). The highest BCUT2D eigenvalue weighted by atomic mass is 79.9. The van der Waals surface area contributed by atoms with Gasteiger partial charge in [-0.15, -0.1) is 0 Å². The van der Waals surface area contributed by atoms with E-state index in [9.17, 15) is 9.59 Å². The minimum atomic E-state index is -0.403. The van der Waals surface area contributed by atoms with Crippen LogP contribution in [0, 0.1) is 0 Å². The summed E-state index contributed by atoms with van der Waals surface area (Å²) in [5.74, 6) is -0.381. The zero-order chi connectivity index (χ0) is 19.7. The van der Waals surface area contributed by atoms with Crippen LogP contribution in [0.3, 0.4) is 0 Å². The predicted octanol–water partition coefficient (Wildman–Crippen LogP) is 3.61. The van der Waals surface area contributed by atoms with Crippen LogP contribution >= 0.6 is 27.5 Å². The van der Waals surface area contributed by atoms with Gasteiger partial charge < -0.3 is 5.32 Å². The number of anilines is 1. The summed E-state index contributed by atoms with van der Waals surface area (Å²) in [7, 11) is 0.